The summed E-state index contributed by atoms with van der Waals surface area (Å²) in [6.07, 6.45) is 6.63. The number of hydrogen-bond donors (Lipinski definition) is 1. The van der Waals surface area contributed by atoms with Crippen LogP contribution in [-0.4, -0.2) is 11.1 Å². The molecule has 0 spiro atoms. The van der Waals surface area contributed by atoms with E-state index < -0.39 is 5.97 Å². The molecule has 3 heteroatoms. The van der Waals surface area contributed by atoms with Gasteiger partial charge >= 0.3 is 5.97 Å². The fraction of sp³-hybridized carbons (Fsp3) is 0.350. The summed E-state index contributed by atoms with van der Waals surface area (Å²) in [4.78, 5) is 11.0. The van der Waals surface area contributed by atoms with Crippen LogP contribution in [0.15, 0.2) is 48.5 Å². The fourth-order valence-electron chi connectivity index (χ4n) is 3.23. The highest BCUT2D eigenvalue weighted by Crippen LogP contribution is 2.33. The van der Waals surface area contributed by atoms with Crippen molar-refractivity contribution in [1.29, 1.82) is 0 Å². The van der Waals surface area contributed by atoms with E-state index in [1.807, 2.05) is 18.2 Å². The number of ether oxygens (including phenoxy) is 1. The van der Waals surface area contributed by atoms with Crippen molar-refractivity contribution < 1.29 is 14.6 Å². The third-order valence-corrected chi connectivity index (χ3v) is 4.54. The lowest BCUT2D eigenvalue weighted by molar-refractivity contribution is 0.0696. The van der Waals surface area contributed by atoms with Gasteiger partial charge < -0.3 is 9.84 Å². The van der Waals surface area contributed by atoms with E-state index in [0.29, 0.717) is 18.1 Å². The molecule has 120 valence electrons. The van der Waals surface area contributed by atoms with Crippen LogP contribution in [0, 0.1) is 0 Å². The second-order valence-corrected chi connectivity index (χ2v) is 6.20. The molecular weight excluding hydrogens is 288 g/mol. The Kier molecular flexibility index (Phi) is 4.96. The van der Waals surface area contributed by atoms with E-state index in [2.05, 4.69) is 12.1 Å². The predicted molar refractivity (Wildman–Crippen MR) is 90.0 cm³/mol. The first-order valence-corrected chi connectivity index (χ1v) is 8.27. The Hall–Kier alpha value is -2.29. The van der Waals surface area contributed by atoms with Gasteiger partial charge in [0.05, 0.1) is 5.56 Å². The molecule has 2 aromatic rings. The number of carboxylic acids is 1. The summed E-state index contributed by atoms with van der Waals surface area (Å²) in [5.74, 6) is 0.610. The highest BCUT2D eigenvalue weighted by atomic mass is 16.5. The zero-order valence-corrected chi connectivity index (χ0v) is 13.2. The second-order valence-electron chi connectivity index (χ2n) is 6.20. The molecule has 1 aliphatic carbocycles. The maximum atomic E-state index is 11.0. The molecule has 0 atom stereocenters. The largest absolute Gasteiger partial charge is 0.489 e. The molecule has 23 heavy (non-hydrogen) atoms. The SMILES string of the molecule is O=C(O)c1cccc(COc2ccc(C3CCCCC3)cc2)c1. The Balaban J connectivity index is 1.60. The van der Waals surface area contributed by atoms with Crippen molar-refractivity contribution in [3.05, 3.63) is 65.2 Å². The maximum absolute atomic E-state index is 11.0. The Morgan fingerprint density at radius 2 is 1.78 bits per heavy atom. The minimum atomic E-state index is -0.913. The number of carbonyl (C=O) groups is 1. The van der Waals surface area contributed by atoms with Crippen molar-refractivity contribution in [3.8, 4) is 5.75 Å². The van der Waals surface area contributed by atoms with Gasteiger partial charge in [-0.25, -0.2) is 4.79 Å². The van der Waals surface area contributed by atoms with Gasteiger partial charge in [0.15, 0.2) is 0 Å². The van der Waals surface area contributed by atoms with Crippen molar-refractivity contribution in [2.75, 3.05) is 0 Å². The summed E-state index contributed by atoms with van der Waals surface area (Å²) >= 11 is 0. The van der Waals surface area contributed by atoms with Gasteiger partial charge in [0.25, 0.3) is 0 Å². The van der Waals surface area contributed by atoms with Crippen LogP contribution in [0.5, 0.6) is 5.75 Å². The molecule has 0 aromatic heterocycles. The van der Waals surface area contributed by atoms with Crippen LogP contribution >= 0.6 is 0 Å². The van der Waals surface area contributed by atoms with Gasteiger partial charge in [-0.05, 0) is 54.2 Å². The lowest BCUT2D eigenvalue weighted by atomic mass is 9.84. The Morgan fingerprint density at radius 3 is 2.48 bits per heavy atom. The van der Waals surface area contributed by atoms with E-state index in [1.54, 1.807) is 18.2 Å². The standard InChI is InChI=1S/C20H22O3/c21-20(22)18-8-4-5-15(13-18)14-23-19-11-9-17(10-12-19)16-6-2-1-3-7-16/h4-5,8-13,16H,1-3,6-7,14H2,(H,21,22). The van der Waals surface area contributed by atoms with Gasteiger partial charge in [-0.15, -0.1) is 0 Å². The van der Waals surface area contributed by atoms with Crippen molar-refractivity contribution >= 4 is 5.97 Å². The van der Waals surface area contributed by atoms with Crippen molar-refractivity contribution in [2.45, 2.75) is 44.6 Å². The smallest absolute Gasteiger partial charge is 0.335 e. The van der Waals surface area contributed by atoms with Crippen LogP contribution < -0.4 is 4.74 Å². The third-order valence-electron chi connectivity index (χ3n) is 4.54. The first-order valence-electron chi connectivity index (χ1n) is 8.27. The van der Waals surface area contributed by atoms with E-state index in [9.17, 15) is 4.79 Å². The summed E-state index contributed by atoms with van der Waals surface area (Å²) in [5.41, 5.74) is 2.56. The highest BCUT2D eigenvalue weighted by molar-refractivity contribution is 5.87. The summed E-state index contributed by atoms with van der Waals surface area (Å²) in [5, 5.41) is 9.01. The fourth-order valence-corrected chi connectivity index (χ4v) is 3.23. The van der Waals surface area contributed by atoms with Gasteiger partial charge in [0.1, 0.15) is 12.4 Å². The Bertz CT molecular complexity index is 655. The molecule has 0 bridgehead atoms. The van der Waals surface area contributed by atoms with E-state index in [1.165, 1.54) is 37.7 Å². The second kappa shape index (κ2) is 7.32. The molecule has 0 saturated heterocycles. The van der Waals surface area contributed by atoms with Crippen LogP contribution in [0.25, 0.3) is 0 Å². The van der Waals surface area contributed by atoms with Crippen LogP contribution in [-0.2, 0) is 6.61 Å². The third kappa shape index (κ3) is 4.13. The molecule has 0 unspecified atom stereocenters. The van der Waals surface area contributed by atoms with Gasteiger partial charge in [0, 0.05) is 0 Å². The average molecular weight is 310 g/mol. The van der Waals surface area contributed by atoms with E-state index in [4.69, 9.17) is 9.84 Å². The van der Waals surface area contributed by atoms with Crippen LogP contribution in [0.2, 0.25) is 0 Å². The molecule has 2 aromatic carbocycles. The Morgan fingerprint density at radius 1 is 1.04 bits per heavy atom. The summed E-state index contributed by atoms with van der Waals surface area (Å²) in [6, 6.07) is 15.2. The number of carboxylic acid groups (broad SMARTS) is 1. The van der Waals surface area contributed by atoms with Gasteiger partial charge in [-0.2, -0.15) is 0 Å². The van der Waals surface area contributed by atoms with Crippen LogP contribution in [0.3, 0.4) is 0 Å². The van der Waals surface area contributed by atoms with Crippen molar-refractivity contribution in [1.82, 2.24) is 0 Å². The topological polar surface area (TPSA) is 46.5 Å². The van der Waals surface area contributed by atoms with E-state index in [-0.39, 0.29) is 0 Å². The number of aromatic carboxylic acids is 1. The predicted octanol–water partition coefficient (Wildman–Crippen LogP) is 5.01. The number of benzene rings is 2. The van der Waals surface area contributed by atoms with Gasteiger partial charge in [-0.3, -0.25) is 0 Å². The molecule has 3 nitrogen and oxygen atoms in total. The lowest BCUT2D eigenvalue weighted by Gasteiger charge is -2.22. The van der Waals surface area contributed by atoms with Crippen LogP contribution in [0.1, 0.15) is 59.5 Å². The summed E-state index contributed by atoms with van der Waals surface area (Å²) < 4.78 is 5.78. The van der Waals surface area contributed by atoms with Crippen LogP contribution in [0.4, 0.5) is 0 Å². The molecule has 1 fully saturated rings. The molecule has 1 saturated carbocycles. The highest BCUT2D eigenvalue weighted by Gasteiger charge is 2.15. The Labute approximate surface area is 136 Å². The molecule has 0 radical (unpaired) electrons. The first-order chi connectivity index (χ1) is 11.2. The van der Waals surface area contributed by atoms with Crippen molar-refractivity contribution in [2.24, 2.45) is 0 Å². The van der Waals surface area contributed by atoms with Crippen molar-refractivity contribution in [3.63, 3.8) is 0 Å². The lowest BCUT2D eigenvalue weighted by Crippen LogP contribution is -2.04. The monoisotopic (exact) mass is 310 g/mol. The molecule has 3 rings (SSSR count). The molecule has 1 aliphatic rings. The normalized spacial score (nSPS) is 15.3. The zero-order chi connectivity index (χ0) is 16.1. The number of hydrogen-bond acceptors (Lipinski definition) is 2. The maximum Gasteiger partial charge on any atom is 0.335 e. The average Bonchev–Trinajstić information content (AvgIpc) is 2.61. The van der Waals surface area contributed by atoms with E-state index in [0.717, 1.165) is 11.3 Å². The molecule has 1 N–H and O–H groups in total. The van der Waals surface area contributed by atoms with Gasteiger partial charge in [0.2, 0.25) is 0 Å². The van der Waals surface area contributed by atoms with Gasteiger partial charge in [-0.1, -0.05) is 43.5 Å². The summed E-state index contributed by atoms with van der Waals surface area (Å²) in [7, 11) is 0. The zero-order valence-electron chi connectivity index (χ0n) is 13.2. The number of rotatable bonds is 5. The quantitative estimate of drug-likeness (QED) is 0.844. The molecule has 0 amide bonds. The summed E-state index contributed by atoms with van der Waals surface area (Å²) in [6.45, 7) is 0.379. The first kappa shape index (κ1) is 15.6. The minimum absolute atomic E-state index is 0.291. The molecular formula is C20H22O3. The minimum Gasteiger partial charge on any atom is -0.489 e. The molecule has 0 aliphatic heterocycles. The molecule has 0 heterocycles. The van der Waals surface area contributed by atoms with E-state index >= 15 is 0 Å².